The van der Waals surface area contributed by atoms with E-state index < -0.39 is 0 Å². The summed E-state index contributed by atoms with van der Waals surface area (Å²) >= 11 is 6.20. The Kier molecular flexibility index (Phi) is 4.83. The van der Waals surface area contributed by atoms with Crippen molar-refractivity contribution in [3.63, 3.8) is 0 Å². The third kappa shape index (κ3) is 3.98. The highest BCUT2D eigenvalue weighted by Crippen LogP contribution is 2.26. The van der Waals surface area contributed by atoms with Crippen molar-refractivity contribution in [1.29, 1.82) is 0 Å². The number of benzene rings is 2. The first-order valence-corrected chi connectivity index (χ1v) is 6.68. The maximum absolute atomic E-state index is 6.20. The molecule has 0 aromatic heterocycles. The molecule has 0 unspecified atom stereocenters. The van der Waals surface area contributed by atoms with Crippen LogP contribution in [0.15, 0.2) is 42.5 Å². The van der Waals surface area contributed by atoms with Gasteiger partial charge in [-0.3, -0.25) is 0 Å². The van der Waals surface area contributed by atoms with Gasteiger partial charge in [-0.15, -0.1) is 0 Å². The summed E-state index contributed by atoms with van der Waals surface area (Å²) in [6.45, 7) is 3.41. The molecule has 0 fully saturated rings. The third-order valence-electron chi connectivity index (χ3n) is 2.89. The molecule has 0 aliphatic rings. The highest BCUT2D eigenvalue weighted by Gasteiger charge is 2.03. The van der Waals surface area contributed by atoms with Crippen molar-refractivity contribution in [2.24, 2.45) is 0 Å². The van der Waals surface area contributed by atoms with Crippen LogP contribution in [0.3, 0.4) is 0 Å². The number of hydrogen-bond donors (Lipinski definition) is 1. The van der Waals surface area contributed by atoms with Gasteiger partial charge in [0, 0.05) is 6.54 Å². The molecule has 2 rings (SSSR count). The first-order valence-electron chi connectivity index (χ1n) is 6.30. The first kappa shape index (κ1) is 13.9. The smallest absolute Gasteiger partial charge is 0.138 e. The van der Waals surface area contributed by atoms with Gasteiger partial charge in [0.2, 0.25) is 0 Å². The number of nitrogens with one attached hydrogen (secondary N) is 1. The molecule has 0 saturated carbocycles. The Morgan fingerprint density at radius 2 is 1.74 bits per heavy atom. The van der Waals surface area contributed by atoms with Crippen molar-refractivity contribution in [2.75, 3.05) is 7.05 Å². The quantitative estimate of drug-likeness (QED) is 0.892. The number of hydrogen-bond acceptors (Lipinski definition) is 2. The van der Waals surface area contributed by atoms with Crippen LogP contribution >= 0.6 is 11.6 Å². The number of aryl methyl sites for hydroxylation is 1. The molecule has 0 aliphatic heterocycles. The lowest BCUT2D eigenvalue weighted by atomic mass is 10.2. The van der Waals surface area contributed by atoms with Gasteiger partial charge in [-0.25, -0.2) is 0 Å². The minimum Gasteiger partial charge on any atom is -0.487 e. The summed E-state index contributed by atoms with van der Waals surface area (Å²) in [6.07, 6.45) is 0. The SMILES string of the molecule is CNCc1ccc(OCc2ccc(C)cc2)c(Cl)c1. The first-order chi connectivity index (χ1) is 9.19. The maximum atomic E-state index is 6.20. The fraction of sp³-hybridized carbons (Fsp3) is 0.250. The van der Waals surface area contributed by atoms with Gasteiger partial charge < -0.3 is 10.1 Å². The summed E-state index contributed by atoms with van der Waals surface area (Å²) in [5.74, 6) is 0.724. The average molecular weight is 276 g/mol. The van der Waals surface area contributed by atoms with Crippen LogP contribution in [0.1, 0.15) is 16.7 Å². The fourth-order valence-corrected chi connectivity index (χ4v) is 2.08. The number of rotatable bonds is 5. The van der Waals surface area contributed by atoms with E-state index in [-0.39, 0.29) is 0 Å². The molecular formula is C16H18ClNO. The van der Waals surface area contributed by atoms with Crippen LogP contribution in [0.5, 0.6) is 5.75 Å². The van der Waals surface area contributed by atoms with Crippen LogP contribution < -0.4 is 10.1 Å². The van der Waals surface area contributed by atoms with Gasteiger partial charge in [-0.2, -0.15) is 0 Å². The van der Waals surface area contributed by atoms with Crippen molar-refractivity contribution >= 4 is 11.6 Å². The summed E-state index contributed by atoms with van der Waals surface area (Å²) in [4.78, 5) is 0. The van der Waals surface area contributed by atoms with Crippen molar-refractivity contribution in [3.8, 4) is 5.75 Å². The average Bonchev–Trinajstić information content (AvgIpc) is 2.40. The zero-order valence-corrected chi connectivity index (χ0v) is 12.0. The van der Waals surface area contributed by atoms with Crippen LogP contribution in [-0.4, -0.2) is 7.05 Å². The van der Waals surface area contributed by atoms with Crippen molar-refractivity contribution in [3.05, 3.63) is 64.2 Å². The van der Waals surface area contributed by atoms with Gasteiger partial charge in [-0.1, -0.05) is 47.5 Å². The Labute approximate surface area is 119 Å². The van der Waals surface area contributed by atoms with Crippen LogP contribution in [0.4, 0.5) is 0 Å². The standard InChI is InChI=1S/C16H18ClNO/c1-12-3-5-13(6-4-12)11-19-16-8-7-14(10-18-2)9-15(16)17/h3-9,18H,10-11H2,1-2H3. The van der Waals surface area contributed by atoms with E-state index in [1.165, 1.54) is 5.56 Å². The lowest BCUT2D eigenvalue weighted by molar-refractivity contribution is 0.306. The fourth-order valence-electron chi connectivity index (χ4n) is 1.82. The van der Waals surface area contributed by atoms with Gasteiger partial charge in [0.25, 0.3) is 0 Å². The molecule has 0 heterocycles. The molecule has 2 aromatic rings. The number of ether oxygens (including phenoxy) is 1. The van der Waals surface area contributed by atoms with E-state index in [0.717, 1.165) is 23.4 Å². The molecular weight excluding hydrogens is 258 g/mol. The Bertz CT molecular complexity index is 537. The Morgan fingerprint density at radius 3 is 2.37 bits per heavy atom. The minimum absolute atomic E-state index is 0.533. The largest absolute Gasteiger partial charge is 0.487 e. The van der Waals surface area contributed by atoms with E-state index in [1.807, 2.05) is 25.2 Å². The normalized spacial score (nSPS) is 10.5. The number of halogens is 1. The second-order valence-electron chi connectivity index (χ2n) is 4.57. The van der Waals surface area contributed by atoms with E-state index >= 15 is 0 Å². The molecule has 1 N–H and O–H groups in total. The van der Waals surface area contributed by atoms with E-state index in [4.69, 9.17) is 16.3 Å². The second-order valence-corrected chi connectivity index (χ2v) is 4.98. The van der Waals surface area contributed by atoms with Crippen LogP contribution in [-0.2, 0) is 13.2 Å². The highest BCUT2D eigenvalue weighted by molar-refractivity contribution is 6.32. The highest BCUT2D eigenvalue weighted by atomic mass is 35.5. The Balaban J connectivity index is 2.01. The zero-order chi connectivity index (χ0) is 13.7. The van der Waals surface area contributed by atoms with Crippen molar-refractivity contribution in [2.45, 2.75) is 20.1 Å². The molecule has 19 heavy (non-hydrogen) atoms. The molecule has 0 atom stereocenters. The molecule has 0 radical (unpaired) electrons. The lowest BCUT2D eigenvalue weighted by Crippen LogP contribution is -2.05. The van der Waals surface area contributed by atoms with Crippen LogP contribution in [0, 0.1) is 6.92 Å². The Morgan fingerprint density at radius 1 is 1.05 bits per heavy atom. The third-order valence-corrected chi connectivity index (χ3v) is 3.19. The monoisotopic (exact) mass is 275 g/mol. The van der Waals surface area contributed by atoms with Gasteiger partial charge >= 0.3 is 0 Å². The molecule has 2 aromatic carbocycles. The molecule has 2 nitrogen and oxygen atoms in total. The second kappa shape index (κ2) is 6.60. The van der Waals surface area contributed by atoms with Gasteiger partial charge in [0.15, 0.2) is 0 Å². The van der Waals surface area contributed by atoms with Crippen molar-refractivity contribution < 1.29 is 4.74 Å². The van der Waals surface area contributed by atoms with E-state index in [0.29, 0.717) is 11.6 Å². The van der Waals surface area contributed by atoms with E-state index in [9.17, 15) is 0 Å². The molecule has 0 amide bonds. The molecule has 100 valence electrons. The predicted octanol–water partition coefficient (Wildman–Crippen LogP) is 3.95. The minimum atomic E-state index is 0.533. The van der Waals surface area contributed by atoms with E-state index in [1.54, 1.807) is 0 Å². The van der Waals surface area contributed by atoms with E-state index in [2.05, 4.69) is 36.5 Å². The van der Waals surface area contributed by atoms with Gasteiger partial charge in [-0.05, 0) is 37.2 Å². The Hall–Kier alpha value is -1.51. The molecule has 0 aliphatic carbocycles. The summed E-state index contributed by atoms with van der Waals surface area (Å²) in [5, 5.41) is 3.75. The zero-order valence-electron chi connectivity index (χ0n) is 11.2. The van der Waals surface area contributed by atoms with Gasteiger partial charge in [0.05, 0.1) is 5.02 Å². The maximum Gasteiger partial charge on any atom is 0.138 e. The predicted molar refractivity (Wildman–Crippen MR) is 79.7 cm³/mol. The summed E-state index contributed by atoms with van der Waals surface area (Å²) < 4.78 is 5.74. The topological polar surface area (TPSA) is 21.3 Å². The molecule has 0 spiro atoms. The van der Waals surface area contributed by atoms with Gasteiger partial charge in [0.1, 0.15) is 12.4 Å². The van der Waals surface area contributed by atoms with Crippen LogP contribution in [0.25, 0.3) is 0 Å². The van der Waals surface area contributed by atoms with Crippen molar-refractivity contribution in [1.82, 2.24) is 5.32 Å². The lowest BCUT2D eigenvalue weighted by Gasteiger charge is -2.10. The van der Waals surface area contributed by atoms with Crippen LogP contribution in [0.2, 0.25) is 5.02 Å². The molecule has 0 saturated heterocycles. The summed E-state index contributed by atoms with van der Waals surface area (Å²) in [6, 6.07) is 14.2. The molecule has 3 heteroatoms. The summed E-state index contributed by atoms with van der Waals surface area (Å²) in [7, 11) is 1.91. The molecule has 0 bridgehead atoms. The summed E-state index contributed by atoms with van der Waals surface area (Å²) in [5.41, 5.74) is 3.54.